The second-order valence-corrected chi connectivity index (χ2v) is 7.18. The maximum Gasteiger partial charge on any atom is 0.534 e. The Morgan fingerprint density at radius 2 is 1.79 bits per heavy atom. The zero-order valence-electron chi connectivity index (χ0n) is 13.2. The number of halogens is 5. The second-order valence-electron chi connectivity index (χ2n) is 5.64. The molecule has 3 rings (SSSR count). The molecule has 0 N–H and O–H groups in total. The Balaban J connectivity index is 0.00000100. The molecule has 0 saturated heterocycles. The fourth-order valence-corrected chi connectivity index (χ4v) is 3.75. The van der Waals surface area contributed by atoms with Crippen molar-refractivity contribution in [2.24, 2.45) is 5.92 Å². The van der Waals surface area contributed by atoms with Crippen molar-refractivity contribution in [3.8, 4) is 5.75 Å². The van der Waals surface area contributed by atoms with Crippen molar-refractivity contribution in [2.75, 3.05) is 0 Å². The molecule has 0 bridgehead atoms. The van der Waals surface area contributed by atoms with Crippen LogP contribution in [0.4, 0.5) is 22.0 Å². The quantitative estimate of drug-likeness (QED) is 0.435. The first-order valence-corrected chi connectivity index (χ1v) is 8.86. The van der Waals surface area contributed by atoms with Crippen LogP contribution in [0, 0.1) is 12.8 Å². The number of aryl methyl sites for hydroxylation is 1. The van der Waals surface area contributed by atoms with Crippen molar-refractivity contribution >= 4 is 10.1 Å². The number of rotatable bonds is 2. The average molecular weight is 372 g/mol. The Morgan fingerprint density at radius 3 is 2.29 bits per heavy atom. The standard InChI is InChI=1S/C13H11F5O3S.C2H6/c1-6-2-3-10(21-22(19,20)13(16,17)18)7-4-9-8(11(6)7)5-12(9,14)15;1-2/h2-3,8-9H,4-5H2,1H3;1-2H3. The molecular formula is C15H17F5O3S. The van der Waals surface area contributed by atoms with Gasteiger partial charge in [-0.2, -0.15) is 21.6 Å². The van der Waals surface area contributed by atoms with Gasteiger partial charge in [0.2, 0.25) is 0 Å². The molecule has 2 aliphatic carbocycles. The van der Waals surface area contributed by atoms with E-state index in [2.05, 4.69) is 4.18 Å². The van der Waals surface area contributed by atoms with E-state index in [0.29, 0.717) is 11.1 Å². The van der Waals surface area contributed by atoms with E-state index in [1.807, 2.05) is 13.8 Å². The molecule has 0 spiro atoms. The molecule has 1 saturated carbocycles. The maximum atomic E-state index is 13.5. The summed E-state index contributed by atoms with van der Waals surface area (Å²) < 4.78 is 90.6. The molecule has 1 aromatic rings. The fourth-order valence-electron chi connectivity index (χ4n) is 3.27. The topological polar surface area (TPSA) is 43.4 Å². The van der Waals surface area contributed by atoms with Gasteiger partial charge in [-0.15, -0.1) is 0 Å². The van der Waals surface area contributed by atoms with Gasteiger partial charge in [-0.3, -0.25) is 0 Å². The predicted molar refractivity (Wildman–Crippen MR) is 77.6 cm³/mol. The zero-order chi connectivity index (χ0) is 18.5. The summed E-state index contributed by atoms with van der Waals surface area (Å²) in [5.41, 5.74) is -4.28. The molecule has 0 amide bonds. The summed E-state index contributed by atoms with van der Waals surface area (Å²) in [6.07, 6.45) is -0.557. The van der Waals surface area contributed by atoms with Gasteiger partial charge < -0.3 is 4.18 Å². The fraction of sp³-hybridized carbons (Fsp3) is 0.600. The summed E-state index contributed by atoms with van der Waals surface area (Å²) in [5.74, 6) is -4.85. The van der Waals surface area contributed by atoms with Gasteiger partial charge in [-0.25, -0.2) is 8.78 Å². The van der Waals surface area contributed by atoms with Crippen LogP contribution < -0.4 is 4.18 Å². The highest BCUT2D eigenvalue weighted by Gasteiger charge is 2.60. The van der Waals surface area contributed by atoms with E-state index in [1.54, 1.807) is 6.92 Å². The monoisotopic (exact) mass is 372 g/mol. The van der Waals surface area contributed by atoms with Gasteiger partial charge in [0.1, 0.15) is 5.75 Å². The highest BCUT2D eigenvalue weighted by molar-refractivity contribution is 7.88. The highest BCUT2D eigenvalue weighted by Crippen LogP contribution is 2.61. The summed E-state index contributed by atoms with van der Waals surface area (Å²) in [7, 11) is -5.82. The van der Waals surface area contributed by atoms with Crippen LogP contribution in [-0.2, 0) is 16.5 Å². The Bertz CT molecular complexity index is 740. The minimum absolute atomic E-state index is 0.139. The lowest BCUT2D eigenvalue weighted by atomic mass is 9.70. The molecule has 1 aromatic carbocycles. The number of hydrogen-bond acceptors (Lipinski definition) is 3. The summed E-state index contributed by atoms with van der Waals surface area (Å²) in [4.78, 5) is 0. The molecule has 24 heavy (non-hydrogen) atoms. The molecule has 3 nitrogen and oxygen atoms in total. The molecule has 2 unspecified atom stereocenters. The molecule has 0 heterocycles. The van der Waals surface area contributed by atoms with E-state index >= 15 is 0 Å². The number of fused-ring (bicyclic) bond motifs is 3. The largest absolute Gasteiger partial charge is 0.534 e. The normalized spacial score (nSPS) is 24.2. The summed E-state index contributed by atoms with van der Waals surface area (Å²) in [5, 5.41) is 0. The van der Waals surface area contributed by atoms with E-state index in [9.17, 15) is 30.4 Å². The van der Waals surface area contributed by atoms with Crippen LogP contribution in [-0.4, -0.2) is 19.8 Å². The number of alkyl halides is 5. The predicted octanol–water partition coefficient (Wildman–Crippen LogP) is 4.54. The molecule has 2 aliphatic rings. The smallest absolute Gasteiger partial charge is 0.376 e. The first-order valence-electron chi connectivity index (χ1n) is 7.45. The molecule has 0 radical (unpaired) electrons. The summed E-state index contributed by atoms with van der Waals surface area (Å²) in [6, 6.07) is 2.47. The Morgan fingerprint density at radius 1 is 1.21 bits per heavy atom. The zero-order valence-corrected chi connectivity index (χ0v) is 14.1. The molecule has 0 aliphatic heterocycles. The van der Waals surface area contributed by atoms with Crippen molar-refractivity contribution in [3.63, 3.8) is 0 Å². The van der Waals surface area contributed by atoms with E-state index < -0.39 is 39.1 Å². The van der Waals surface area contributed by atoms with Crippen LogP contribution in [0.5, 0.6) is 5.75 Å². The summed E-state index contributed by atoms with van der Waals surface area (Å²) >= 11 is 0. The Hall–Kier alpha value is -1.38. The van der Waals surface area contributed by atoms with Crippen molar-refractivity contribution in [1.82, 2.24) is 0 Å². The molecule has 0 aromatic heterocycles. The minimum Gasteiger partial charge on any atom is -0.376 e. The maximum absolute atomic E-state index is 13.5. The van der Waals surface area contributed by atoms with Crippen molar-refractivity contribution < 1.29 is 34.6 Å². The lowest BCUT2D eigenvalue weighted by Crippen LogP contribution is -2.43. The van der Waals surface area contributed by atoms with Gasteiger partial charge in [0.05, 0.1) is 0 Å². The SMILES string of the molecule is CC.Cc1ccc(OS(=O)(=O)C(F)(F)F)c2c1C1CC(F)(F)C1C2. The van der Waals surface area contributed by atoms with Gasteiger partial charge in [0, 0.05) is 17.9 Å². The van der Waals surface area contributed by atoms with Gasteiger partial charge in [-0.05, 0) is 36.5 Å². The second kappa shape index (κ2) is 5.86. The van der Waals surface area contributed by atoms with Crippen LogP contribution in [0.3, 0.4) is 0 Å². The van der Waals surface area contributed by atoms with E-state index in [0.717, 1.165) is 6.07 Å². The molecule has 2 atom stereocenters. The van der Waals surface area contributed by atoms with E-state index in [4.69, 9.17) is 0 Å². The van der Waals surface area contributed by atoms with Crippen molar-refractivity contribution in [1.29, 1.82) is 0 Å². The van der Waals surface area contributed by atoms with Gasteiger partial charge in [0.15, 0.2) is 0 Å². The lowest BCUT2D eigenvalue weighted by molar-refractivity contribution is -0.141. The molecular weight excluding hydrogens is 355 g/mol. The van der Waals surface area contributed by atoms with Crippen LogP contribution in [0.25, 0.3) is 0 Å². The van der Waals surface area contributed by atoms with Crippen molar-refractivity contribution in [2.45, 2.75) is 51.0 Å². The first kappa shape index (κ1) is 19.0. The Labute approximate surface area is 136 Å². The van der Waals surface area contributed by atoms with E-state index in [1.165, 1.54) is 6.07 Å². The number of benzene rings is 1. The van der Waals surface area contributed by atoms with Gasteiger partial charge >= 0.3 is 15.6 Å². The third kappa shape index (κ3) is 2.87. The average Bonchev–Trinajstić information content (AvgIpc) is 2.79. The highest BCUT2D eigenvalue weighted by atomic mass is 32.2. The molecule has 136 valence electrons. The van der Waals surface area contributed by atoms with E-state index in [-0.39, 0.29) is 18.4 Å². The van der Waals surface area contributed by atoms with Crippen LogP contribution in [0.2, 0.25) is 0 Å². The minimum atomic E-state index is -5.82. The number of hydrogen-bond donors (Lipinski definition) is 0. The lowest BCUT2D eigenvalue weighted by Gasteiger charge is -2.40. The van der Waals surface area contributed by atoms with Gasteiger partial charge in [-0.1, -0.05) is 19.9 Å². The van der Waals surface area contributed by atoms with Gasteiger partial charge in [0.25, 0.3) is 5.92 Å². The summed E-state index contributed by atoms with van der Waals surface area (Å²) in [6.45, 7) is 5.65. The molecule has 9 heteroatoms. The van der Waals surface area contributed by atoms with Crippen molar-refractivity contribution in [3.05, 3.63) is 28.8 Å². The third-order valence-corrected chi connectivity index (χ3v) is 5.30. The van der Waals surface area contributed by atoms with Crippen LogP contribution >= 0.6 is 0 Å². The first-order chi connectivity index (χ1) is 10.9. The van der Waals surface area contributed by atoms with Crippen LogP contribution in [0.1, 0.15) is 42.9 Å². The van der Waals surface area contributed by atoms with Crippen LogP contribution in [0.15, 0.2) is 12.1 Å². The Kier molecular flexibility index (Phi) is 4.62. The third-order valence-electron chi connectivity index (χ3n) is 4.33. The molecule has 1 fully saturated rings.